The van der Waals surface area contributed by atoms with Gasteiger partial charge in [-0.3, -0.25) is 14.4 Å². The zero-order valence-electron chi connectivity index (χ0n) is 18.2. The third-order valence-corrected chi connectivity index (χ3v) is 6.50. The topological polar surface area (TPSA) is 98.1 Å². The minimum atomic E-state index is -0.672. The number of nitrogens with zero attached hydrogens (tertiary/aromatic N) is 2. The molecule has 1 N–H and O–H groups in total. The third-order valence-electron chi connectivity index (χ3n) is 6.50. The second kappa shape index (κ2) is 7.39. The number of piperidine rings is 1. The first-order valence-corrected chi connectivity index (χ1v) is 10.9. The van der Waals surface area contributed by atoms with E-state index in [2.05, 4.69) is 0 Å². The van der Waals surface area contributed by atoms with Crippen LogP contribution in [0.15, 0.2) is 35.1 Å². The Kier molecular flexibility index (Phi) is 4.76. The number of aromatic nitrogens is 1. The molecule has 2 aromatic rings. The molecule has 1 amide bonds. The summed E-state index contributed by atoms with van der Waals surface area (Å²) in [4.78, 5) is 39.2. The van der Waals surface area contributed by atoms with Crippen molar-refractivity contribution in [2.24, 2.45) is 5.92 Å². The number of carbonyl (C=O) groups excluding carboxylic acids is 2. The monoisotopic (exact) mass is 438 g/mol. The van der Waals surface area contributed by atoms with Crippen LogP contribution in [0.4, 0.5) is 0 Å². The molecule has 1 fully saturated rings. The SMILES string of the molecule is CC1(C)CC(=O)c2c(O)cc(OCC(=O)N3C[C@H]4C[C@@H](C3)c3cccc(=O)n3C4)cc2O1. The number of phenols is 1. The molecular weight excluding hydrogens is 412 g/mol. The van der Waals surface area contributed by atoms with Crippen molar-refractivity contribution in [1.82, 2.24) is 9.47 Å². The van der Waals surface area contributed by atoms with Crippen molar-refractivity contribution in [3.8, 4) is 17.2 Å². The second-order valence-corrected chi connectivity index (χ2v) is 9.56. The molecule has 5 rings (SSSR count). The van der Waals surface area contributed by atoms with Crippen LogP contribution in [0.3, 0.4) is 0 Å². The van der Waals surface area contributed by atoms with Gasteiger partial charge in [0.05, 0.1) is 6.42 Å². The highest BCUT2D eigenvalue weighted by molar-refractivity contribution is 6.03. The highest BCUT2D eigenvalue weighted by Gasteiger charge is 2.37. The van der Waals surface area contributed by atoms with Crippen LogP contribution in [-0.2, 0) is 11.3 Å². The molecule has 0 radical (unpaired) electrons. The number of ether oxygens (including phenoxy) is 2. The Labute approximate surface area is 185 Å². The number of Topliss-reactive ketones (excluding diaryl/α,β-unsaturated/α-hetero) is 1. The molecule has 8 heteroatoms. The van der Waals surface area contributed by atoms with Crippen molar-refractivity contribution < 1.29 is 24.2 Å². The fourth-order valence-electron chi connectivity index (χ4n) is 5.17. The molecule has 0 aliphatic carbocycles. The molecule has 0 spiro atoms. The fourth-order valence-corrected chi connectivity index (χ4v) is 5.17. The average molecular weight is 438 g/mol. The summed E-state index contributed by atoms with van der Waals surface area (Å²) in [5.74, 6) is 0.364. The molecule has 2 atom stereocenters. The molecule has 1 aromatic carbocycles. The van der Waals surface area contributed by atoms with E-state index in [1.807, 2.05) is 10.6 Å². The smallest absolute Gasteiger partial charge is 0.260 e. The van der Waals surface area contributed by atoms with E-state index in [1.54, 1.807) is 36.9 Å². The summed E-state index contributed by atoms with van der Waals surface area (Å²) in [6.07, 6.45) is 1.15. The van der Waals surface area contributed by atoms with E-state index in [-0.39, 0.29) is 64.9 Å². The Morgan fingerprint density at radius 2 is 2.03 bits per heavy atom. The number of pyridine rings is 1. The summed E-state index contributed by atoms with van der Waals surface area (Å²) < 4.78 is 13.4. The van der Waals surface area contributed by atoms with Gasteiger partial charge in [0.15, 0.2) is 12.4 Å². The van der Waals surface area contributed by atoms with E-state index >= 15 is 0 Å². The summed E-state index contributed by atoms with van der Waals surface area (Å²) in [5.41, 5.74) is 0.475. The molecule has 4 heterocycles. The summed E-state index contributed by atoms with van der Waals surface area (Å²) in [7, 11) is 0. The summed E-state index contributed by atoms with van der Waals surface area (Å²) in [6, 6.07) is 8.21. The molecule has 3 aliphatic rings. The normalized spacial score (nSPS) is 23.1. The number of amides is 1. The van der Waals surface area contributed by atoms with E-state index in [4.69, 9.17) is 9.47 Å². The van der Waals surface area contributed by atoms with Crippen molar-refractivity contribution in [2.75, 3.05) is 19.7 Å². The molecule has 0 unspecified atom stereocenters. The number of fused-ring (bicyclic) bond motifs is 5. The van der Waals surface area contributed by atoms with Crippen molar-refractivity contribution in [2.45, 2.75) is 44.8 Å². The van der Waals surface area contributed by atoms with Crippen molar-refractivity contribution in [3.63, 3.8) is 0 Å². The quantitative estimate of drug-likeness (QED) is 0.790. The predicted molar refractivity (Wildman–Crippen MR) is 115 cm³/mol. The standard InChI is InChI=1S/C24H26N2O6/c1-24(2)9-19(28)23-18(27)7-16(8-20(23)32-24)31-13-22(30)25-10-14-6-15(12-25)17-4-3-5-21(29)26(17)11-14/h3-5,7-8,14-15,27H,6,9-13H2,1-2H3/t14-,15+/m1/s1. The van der Waals surface area contributed by atoms with Crippen LogP contribution in [0.5, 0.6) is 17.2 Å². The molecule has 168 valence electrons. The van der Waals surface area contributed by atoms with Crippen LogP contribution in [-0.4, -0.2) is 51.6 Å². The van der Waals surface area contributed by atoms with Crippen LogP contribution < -0.4 is 15.0 Å². The van der Waals surface area contributed by atoms with Gasteiger partial charge in [0.2, 0.25) is 0 Å². The number of aromatic hydroxyl groups is 1. The minimum absolute atomic E-state index is 0.0106. The Balaban J connectivity index is 1.29. The third kappa shape index (κ3) is 3.63. The van der Waals surface area contributed by atoms with E-state index in [0.29, 0.717) is 19.6 Å². The van der Waals surface area contributed by atoms with Crippen molar-refractivity contribution >= 4 is 11.7 Å². The lowest BCUT2D eigenvalue weighted by atomic mass is 9.83. The molecule has 32 heavy (non-hydrogen) atoms. The fraction of sp³-hybridized carbons (Fsp3) is 0.458. The number of carbonyl (C=O) groups is 2. The number of rotatable bonds is 3. The highest BCUT2D eigenvalue weighted by Crippen LogP contribution is 2.41. The highest BCUT2D eigenvalue weighted by atomic mass is 16.5. The van der Waals surface area contributed by atoms with E-state index in [0.717, 1.165) is 12.1 Å². The van der Waals surface area contributed by atoms with E-state index < -0.39 is 5.60 Å². The molecular formula is C24H26N2O6. The largest absolute Gasteiger partial charge is 0.507 e. The Morgan fingerprint density at radius 3 is 2.84 bits per heavy atom. The second-order valence-electron chi connectivity index (χ2n) is 9.56. The molecule has 8 nitrogen and oxygen atoms in total. The maximum absolute atomic E-state index is 12.9. The number of phenolic OH excluding ortho intramolecular Hbond substituents is 1. The van der Waals surface area contributed by atoms with Gasteiger partial charge < -0.3 is 24.0 Å². The van der Waals surface area contributed by atoms with Crippen LogP contribution in [0.1, 0.15) is 48.7 Å². The maximum Gasteiger partial charge on any atom is 0.260 e. The van der Waals surface area contributed by atoms with Crippen LogP contribution >= 0.6 is 0 Å². The molecule has 2 bridgehead atoms. The summed E-state index contributed by atoms with van der Waals surface area (Å²) in [6.45, 7) is 5.18. The van der Waals surface area contributed by atoms with Gasteiger partial charge in [-0.15, -0.1) is 0 Å². The van der Waals surface area contributed by atoms with Gasteiger partial charge in [-0.25, -0.2) is 0 Å². The zero-order valence-corrected chi connectivity index (χ0v) is 18.2. The Morgan fingerprint density at radius 1 is 1.22 bits per heavy atom. The van der Waals surface area contributed by atoms with Crippen molar-refractivity contribution in [3.05, 3.63) is 51.9 Å². The number of benzene rings is 1. The molecule has 3 aliphatic heterocycles. The number of ketones is 1. The number of likely N-dealkylation sites (tertiary alicyclic amines) is 1. The average Bonchev–Trinajstić information content (AvgIpc) is 2.71. The lowest BCUT2D eigenvalue weighted by Gasteiger charge is -2.42. The first-order valence-electron chi connectivity index (χ1n) is 10.9. The van der Waals surface area contributed by atoms with Gasteiger partial charge in [-0.1, -0.05) is 6.07 Å². The Bertz CT molecular complexity index is 1170. The number of hydrogen-bond acceptors (Lipinski definition) is 6. The van der Waals surface area contributed by atoms with Gasteiger partial charge in [0.25, 0.3) is 11.5 Å². The molecule has 1 aromatic heterocycles. The summed E-state index contributed by atoms with van der Waals surface area (Å²) in [5, 5.41) is 10.3. The van der Waals surface area contributed by atoms with Gasteiger partial charge in [0.1, 0.15) is 28.4 Å². The van der Waals surface area contributed by atoms with Crippen molar-refractivity contribution in [1.29, 1.82) is 0 Å². The van der Waals surface area contributed by atoms with Crippen LogP contribution in [0.25, 0.3) is 0 Å². The lowest BCUT2D eigenvalue weighted by Crippen LogP contribution is -2.50. The number of hydrogen-bond donors (Lipinski definition) is 1. The summed E-state index contributed by atoms with van der Waals surface area (Å²) >= 11 is 0. The lowest BCUT2D eigenvalue weighted by molar-refractivity contribution is -0.136. The zero-order chi connectivity index (χ0) is 22.6. The predicted octanol–water partition coefficient (Wildman–Crippen LogP) is 2.32. The first-order chi connectivity index (χ1) is 15.2. The van der Waals surface area contributed by atoms with Gasteiger partial charge in [-0.2, -0.15) is 0 Å². The van der Waals surface area contributed by atoms with Gasteiger partial charge >= 0.3 is 0 Å². The van der Waals surface area contributed by atoms with Crippen LogP contribution in [0, 0.1) is 5.92 Å². The van der Waals surface area contributed by atoms with E-state index in [9.17, 15) is 19.5 Å². The Hall–Kier alpha value is -3.29. The van der Waals surface area contributed by atoms with Gasteiger partial charge in [-0.05, 0) is 32.3 Å². The molecule has 1 saturated heterocycles. The maximum atomic E-state index is 12.9. The van der Waals surface area contributed by atoms with Gasteiger partial charge in [0, 0.05) is 49.4 Å². The van der Waals surface area contributed by atoms with E-state index in [1.165, 1.54) is 6.07 Å². The van der Waals surface area contributed by atoms with Crippen LogP contribution in [0.2, 0.25) is 0 Å². The first kappa shape index (κ1) is 20.6. The minimum Gasteiger partial charge on any atom is -0.507 e. The molecule has 0 saturated carbocycles.